The molecule has 2 heterocycles. The highest BCUT2D eigenvalue weighted by Gasteiger charge is 2.22. The van der Waals surface area contributed by atoms with Crippen molar-refractivity contribution in [3.63, 3.8) is 0 Å². The van der Waals surface area contributed by atoms with Gasteiger partial charge in [-0.25, -0.2) is 0 Å². The number of halogens is 1. The van der Waals surface area contributed by atoms with Gasteiger partial charge in [0.1, 0.15) is 5.75 Å². The minimum absolute atomic E-state index is 0.0349. The zero-order valence-electron chi connectivity index (χ0n) is 19.0. The lowest BCUT2D eigenvalue weighted by molar-refractivity contribution is 0.0627. The monoisotopic (exact) mass is 504 g/mol. The van der Waals surface area contributed by atoms with Crippen LogP contribution in [0.2, 0.25) is 5.02 Å². The van der Waals surface area contributed by atoms with Gasteiger partial charge in [-0.3, -0.25) is 14.7 Å². The van der Waals surface area contributed by atoms with E-state index in [2.05, 4.69) is 14.6 Å². The average Bonchev–Trinajstić information content (AvgIpc) is 2.90. The van der Waals surface area contributed by atoms with E-state index in [1.165, 1.54) is 11.9 Å². The number of aromatic hydroxyl groups is 1. The van der Waals surface area contributed by atoms with Crippen molar-refractivity contribution in [2.24, 2.45) is 0 Å². The van der Waals surface area contributed by atoms with Gasteiger partial charge >= 0.3 is 0 Å². The van der Waals surface area contributed by atoms with Gasteiger partial charge in [-0.05, 0) is 66.5 Å². The van der Waals surface area contributed by atoms with Crippen LogP contribution in [0.25, 0.3) is 10.9 Å². The largest absolute Gasteiger partial charge is 0.508 e. The van der Waals surface area contributed by atoms with E-state index >= 15 is 0 Å². The van der Waals surface area contributed by atoms with Crippen molar-refractivity contribution < 1.29 is 9.90 Å². The van der Waals surface area contributed by atoms with E-state index in [9.17, 15) is 9.90 Å². The number of pyridine rings is 1. The van der Waals surface area contributed by atoms with Gasteiger partial charge in [0.25, 0.3) is 5.91 Å². The quantitative estimate of drug-likeness (QED) is 0.330. The van der Waals surface area contributed by atoms with E-state index in [0.717, 1.165) is 40.1 Å². The average molecular weight is 505 g/mol. The molecule has 1 aromatic heterocycles. The number of nitrogens with one attached hydrogen (secondary N) is 1. The molecule has 1 saturated heterocycles. The normalized spacial score (nSPS) is 14.3. The molecule has 2 N–H and O–H groups in total. The molecule has 0 aliphatic carbocycles. The summed E-state index contributed by atoms with van der Waals surface area (Å²) in [5.41, 5.74) is 3.36. The molecule has 1 amide bonds. The molecule has 1 fully saturated rings. The van der Waals surface area contributed by atoms with Crippen molar-refractivity contribution in [3.05, 3.63) is 95.1 Å². The lowest BCUT2D eigenvalue weighted by Crippen LogP contribution is -2.48. The van der Waals surface area contributed by atoms with Crippen LogP contribution in [-0.2, 0) is 6.54 Å². The molecule has 0 spiro atoms. The second-order valence-corrected chi connectivity index (χ2v) is 9.74. The zero-order valence-corrected chi connectivity index (χ0v) is 20.6. The molecular weight excluding hydrogens is 480 g/mol. The number of hydrogen-bond donors (Lipinski definition) is 2. The second kappa shape index (κ2) is 10.6. The zero-order chi connectivity index (χ0) is 24.2. The number of piperazine rings is 1. The van der Waals surface area contributed by atoms with Crippen molar-refractivity contribution in [1.82, 2.24) is 14.8 Å². The van der Waals surface area contributed by atoms with E-state index < -0.39 is 0 Å². The molecule has 3 aromatic carbocycles. The summed E-state index contributed by atoms with van der Waals surface area (Å²) in [6.07, 6.45) is 1.80. The summed E-state index contributed by atoms with van der Waals surface area (Å²) in [5, 5.41) is 11.8. The molecule has 0 unspecified atom stereocenters. The van der Waals surface area contributed by atoms with E-state index in [0.29, 0.717) is 30.2 Å². The number of rotatable bonds is 6. The number of fused-ring (bicyclic) bond motifs is 1. The summed E-state index contributed by atoms with van der Waals surface area (Å²) < 4.78 is 3.35. The van der Waals surface area contributed by atoms with Crippen LogP contribution in [0.15, 0.2) is 83.9 Å². The van der Waals surface area contributed by atoms with Gasteiger partial charge in [0.05, 0.1) is 10.4 Å². The summed E-state index contributed by atoms with van der Waals surface area (Å²) >= 11 is 7.57. The van der Waals surface area contributed by atoms with Gasteiger partial charge in [-0.2, -0.15) is 0 Å². The summed E-state index contributed by atoms with van der Waals surface area (Å²) in [4.78, 5) is 22.7. The van der Waals surface area contributed by atoms with Gasteiger partial charge in [-0.1, -0.05) is 29.8 Å². The minimum atomic E-state index is 0.0349. The summed E-state index contributed by atoms with van der Waals surface area (Å²) in [6, 6.07) is 22.8. The number of phenolic OH excluding ortho intramolecular Hbond substituents is 1. The number of carbonyl (C=O) groups excluding carboxylic acids is 1. The fraction of sp³-hybridized carbons (Fsp3) is 0.185. The Morgan fingerprint density at radius 3 is 2.57 bits per heavy atom. The summed E-state index contributed by atoms with van der Waals surface area (Å²) in [5.74, 6) is 0.282. The Morgan fingerprint density at radius 2 is 1.77 bits per heavy atom. The van der Waals surface area contributed by atoms with Gasteiger partial charge < -0.3 is 14.7 Å². The van der Waals surface area contributed by atoms with Crippen LogP contribution in [0.3, 0.4) is 0 Å². The Labute approximate surface area is 213 Å². The first-order valence-corrected chi connectivity index (χ1v) is 12.6. The van der Waals surface area contributed by atoms with E-state index in [-0.39, 0.29) is 11.7 Å². The van der Waals surface area contributed by atoms with E-state index in [4.69, 9.17) is 11.6 Å². The lowest BCUT2D eigenvalue weighted by Gasteiger charge is -2.35. The van der Waals surface area contributed by atoms with Crippen molar-refractivity contribution >= 4 is 46.0 Å². The molecule has 0 bridgehead atoms. The van der Waals surface area contributed by atoms with Crippen LogP contribution in [0.1, 0.15) is 15.9 Å². The Balaban J connectivity index is 1.15. The Bertz CT molecular complexity index is 1340. The molecule has 6 nitrogen and oxygen atoms in total. The number of carbonyl (C=O) groups is 1. The Hall–Kier alpha value is -3.26. The molecule has 8 heteroatoms. The molecular formula is C27H25ClN4O2S. The van der Waals surface area contributed by atoms with Crippen LogP contribution < -0.4 is 4.72 Å². The molecule has 35 heavy (non-hydrogen) atoms. The third-order valence-corrected chi connectivity index (χ3v) is 7.22. The van der Waals surface area contributed by atoms with Gasteiger partial charge in [-0.15, -0.1) is 0 Å². The third kappa shape index (κ3) is 5.53. The molecule has 0 atom stereocenters. The van der Waals surface area contributed by atoms with Crippen molar-refractivity contribution in [3.8, 4) is 5.75 Å². The predicted molar refractivity (Wildman–Crippen MR) is 142 cm³/mol. The highest BCUT2D eigenvalue weighted by atomic mass is 35.5. The molecule has 1 aliphatic rings. The fourth-order valence-electron chi connectivity index (χ4n) is 4.17. The van der Waals surface area contributed by atoms with Gasteiger partial charge in [0.2, 0.25) is 0 Å². The van der Waals surface area contributed by atoms with Crippen molar-refractivity contribution in [2.45, 2.75) is 11.4 Å². The number of aromatic nitrogens is 1. The standard InChI is InChI=1S/C27H25ClN4O2S/c28-22-8-11-24(33)21(17-22)18-31-13-15-32(16-14-31)27(34)20-6-9-23(10-7-20)30-35-25-5-1-3-19-4-2-12-29-26(19)25/h1-12,17,30,33H,13-16,18H2. The minimum Gasteiger partial charge on any atom is -0.508 e. The smallest absolute Gasteiger partial charge is 0.253 e. The van der Waals surface area contributed by atoms with Gasteiger partial charge in [0, 0.05) is 66.1 Å². The number of benzene rings is 3. The number of amides is 1. The molecule has 0 radical (unpaired) electrons. The maximum atomic E-state index is 13.0. The maximum Gasteiger partial charge on any atom is 0.253 e. The first kappa shape index (κ1) is 23.5. The van der Waals surface area contributed by atoms with Crippen LogP contribution in [0.4, 0.5) is 5.69 Å². The second-order valence-electron chi connectivity index (χ2n) is 8.45. The molecule has 5 rings (SSSR count). The van der Waals surface area contributed by atoms with Crippen LogP contribution in [0.5, 0.6) is 5.75 Å². The van der Waals surface area contributed by atoms with Crippen LogP contribution in [-0.4, -0.2) is 52.0 Å². The summed E-state index contributed by atoms with van der Waals surface area (Å²) in [6.45, 7) is 3.38. The molecule has 178 valence electrons. The first-order chi connectivity index (χ1) is 17.1. The maximum absolute atomic E-state index is 13.0. The predicted octanol–water partition coefficient (Wildman–Crippen LogP) is 5.67. The highest BCUT2D eigenvalue weighted by Crippen LogP contribution is 2.28. The number of anilines is 1. The van der Waals surface area contributed by atoms with E-state index in [1.807, 2.05) is 59.5 Å². The van der Waals surface area contributed by atoms with Gasteiger partial charge in [0.15, 0.2) is 0 Å². The fourth-order valence-corrected chi connectivity index (χ4v) is 5.14. The van der Waals surface area contributed by atoms with Crippen molar-refractivity contribution in [1.29, 1.82) is 0 Å². The Morgan fingerprint density at radius 1 is 1.00 bits per heavy atom. The van der Waals surface area contributed by atoms with Crippen LogP contribution >= 0.6 is 23.5 Å². The number of para-hydroxylation sites is 1. The third-order valence-electron chi connectivity index (χ3n) is 6.10. The molecule has 4 aromatic rings. The number of phenols is 1. The molecule has 0 saturated carbocycles. The number of nitrogens with zero attached hydrogens (tertiary/aromatic N) is 3. The van der Waals surface area contributed by atoms with Crippen molar-refractivity contribution in [2.75, 3.05) is 30.9 Å². The molecule has 1 aliphatic heterocycles. The SMILES string of the molecule is O=C(c1ccc(NSc2cccc3cccnc23)cc1)N1CCN(Cc2cc(Cl)ccc2O)CC1. The summed E-state index contributed by atoms with van der Waals surface area (Å²) in [7, 11) is 0. The highest BCUT2D eigenvalue weighted by molar-refractivity contribution is 8.00. The Kier molecular flexibility index (Phi) is 7.08. The number of hydrogen-bond acceptors (Lipinski definition) is 6. The van der Waals surface area contributed by atoms with E-state index in [1.54, 1.807) is 24.4 Å². The first-order valence-electron chi connectivity index (χ1n) is 11.4. The topological polar surface area (TPSA) is 68.7 Å². The van der Waals surface area contributed by atoms with Crippen LogP contribution in [0, 0.1) is 0 Å². The lowest BCUT2D eigenvalue weighted by atomic mass is 10.1.